The molecule has 5 heavy (non-hydrogen) atoms. The molecule has 2 radical (unpaired) electrons. The summed E-state index contributed by atoms with van der Waals surface area (Å²) < 4.78 is 3.03. The van der Waals surface area contributed by atoms with Gasteiger partial charge in [0.1, 0.15) is 0 Å². The summed E-state index contributed by atoms with van der Waals surface area (Å²) in [7, 11) is 0. The molecule has 0 unspecified atom stereocenters. The molecule has 0 aromatic heterocycles. The van der Waals surface area contributed by atoms with E-state index in [1.807, 2.05) is 0 Å². The zero-order valence-corrected chi connectivity index (χ0v) is 3.64. The molecule has 1 nitrogen and oxygen atoms in total. The Morgan fingerprint density at radius 2 is 2.80 bits per heavy atom. The predicted molar refractivity (Wildman–Crippen MR) is 23.7 cm³/mol. The van der Waals surface area contributed by atoms with Crippen molar-refractivity contribution < 1.29 is 0 Å². The van der Waals surface area contributed by atoms with Crippen LogP contribution < -0.4 is 4.72 Å². The molecule has 2 heteroatoms. The monoisotopic (exact) mass is 87.0 g/mol. The third-order valence-electron chi connectivity index (χ3n) is 0.473. The maximum Gasteiger partial charge on any atom is 0.0160 e. The fraction of sp³-hybridized carbons (Fsp3) is 0.667. The Bertz CT molecular complexity index is 18.5. The van der Waals surface area contributed by atoms with Gasteiger partial charge in [0.05, 0.1) is 0 Å². The second-order valence-electron chi connectivity index (χ2n) is 0.860. The highest BCUT2D eigenvalue weighted by Crippen LogP contribution is 2.01. The first-order valence-electron chi connectivity index (χ1n) is 1.55. The van der Waals surface area contributed by atoms with Gasteiger partial charge in [0.2, 0.25) is 0 Å². The molecule has 0 aromatic rings. The van der Waals surface area contributed by atoms with Crippen molar-refractivity contribution in [3.8, 4) is 0 Å². The minimum Gasteiger partial charge on any atom is -0.263 e. The summed E-state index contributed by atoms with van der Waals surface area (Å²) >= 11 is 1.71. The van der Waals surface area contributed by atoms with Gasteiger partial charge < -0.3 is 0 Å². The van der Waals surface area contributed by atoms with Gasteiger partial charge in [0.15, 0.2) is 0 Å². The van der Waals surface area contributed by atoms with E-state index < -0.39 is 0 Å². The third-order valence-corrected chi connectivity index (χ3v) is 1.17. The van der Waals surface area contributed by atoms with Crippen molar-refractivity contribution in [1.29, 1.82) is 0 Å². The highest BCUT2D eigenvalue weighted by Gasteiger charge is 1.95. The van der Waals surface area contributed by atoms with Gasteiger partial charge >= 0.3 is 0 Å². The van der Waals surface area contributed by atoms with E-state index in [9.17, 15) is 0 Å². The van der Waals surface area contributed by atoms with Crippen LogP contribution in [0.4, 0.5) is 0 Å². The van der Waals surface area contributed by atoms with Crippen LogP contribution in [0.25, 0.3) is 0 Å². The van der Waals surface area contributed by atoms with Gasteiger partial charge in [0.25, 0.3) is 0 Å². The summed E-state index contributed by atoms with van der Waals surface area (Å²) in [4.78, 5) is 0. The Hall–Kier alpha value is 0.310. The summed E-state index contributed by atoms with van der Waals surface area (Å²) in [5, 5.41) is 0. The lowest BCUT2D eigenvalue weighted by molar-refractivity contribution is 1.10. The molecule has 0 saturated carbocycles. The zero-order chi connectivity index (χ0) is 3.54. The quantitative estimate of drug-likeness (QED) is 0.427. The highest BCUT2D eigenvalue weighted by molar-refractivity contribution is 7.97. The van der Waals surface area contributed by atoms with Gasteiger partial charge in [-0.25, -0.2) is 0 Å². The summed E-state index contributed by atoms with van der Waals surface area (Å²) in [5.41, 5.74) is 0. The van der Waals surface area contributed by atoms with Gasteiger partial charge in [-0.15, -0.1) is 0 Å². The average Bonchev–Trinajstić information content (AvgIpc) is 1.76. The second kappa shape index (κ2) is 1.67. The summed E-state index contributed by atoms with van der Waals surface area (Å²) in [6, 6.07) is 0. The van der Waals surface area contributed by atoms with E-state index >= 15 is 0 Å². The molecule has 1 aliphatic heterocycles. The first kappa shape index (κ1) is 3.50. The van der Waals surface area contributed by atoms with Crippen molar-refractivity contribution in [2.24, 2.45) is 0 Å². The third kappa shape index (κ3) is 0.816. The molecular weight excluding hydrogens is 82.1 g/mol. The van der Waals surface area contributed by atoms with Gasteiger partial charge in [-0.1, -0.05) is 11.9 Å². The number of hydrogen-bond donors (Lipinski definition) is 1. The van der Waals surface area contributed by atoms with Gasteiger partial charge in [0, 0.05) is 18.7 Å². The first-order valence-corrected chi connectivity index (χ1v) is 2.54. The van der Waals surface area contributed by atoms with E-state index in [1.165, 1.54) is 0 Å². The maximum atomic E-state index is 3.07. The van der Waals surface area contributed by atoms with E-state index in [0.29, 0.717) is 0 Å². The van der Waals surface area contributed by atoms with Crippen LogP contribution in [0.3, 0.4) is 0 Å². The van der Waals surface area contributed by atoms with Crippen molar-refractivity contribution in [1.82, 2.24) is 4.72 Å². The minimum atomic E-state index is 0.963. The molecule has 1 N–H and O–H groups in total. The fourth-order valence-corrected chi connectivity index (χ4v) is 0.765. The van der Waals surface area contributed by atoms with Crippen LogP contribution in [-0.2, 0) is 0 Å². The van der Waals surface area contributed by atoms with Crippen molar-refractivity contribution in [3.05, 3.63) is 6.42 Å². The SMILES string of the molecule is [C]1CNSC1. The van der Waals surface area contributed by atoms with E-state index in [-0.39, 0.29) is 0 Å². The smallest absolute Gasteiger partial charge is 0.0160 e. The largest absolute Gasteiger partial charge is 0.263 e. The van der Waals surface area contributed by atoms with Crippen LogP contribution in [0, 0.1) is 6.42 Å². The van der Waals surface area contributed by atoms with Gasteiger partial charge in [-0.3, -0.25) is 4.72 Å². The molecule has 28 valence electrons. The lowest BCUT2D eigenvalue weighted by Gasteiger charge is -1.75. The van der Waals surface area contributed by atoms with Crippen LogP contribution >= 0.6 is 11.9 Å². The zero-order valence-electron chi connectivity index (χ0n) is 2.82. The molecule has 0 aromatic carbocycles. The molecule has 1 heterocycles. The Labute approximate surface area is 36.3 Å². The summed E-state index contributed by atoms with van der Waals surface area (Å²) in [5.74, 6) is 1.06. The normalized spacial score (nSPS) is 24.0. The molecule has 0 aliphatic carbocycles. The predicted octanol–water partition coefficient (Wildman–Crippen LogP) is 0.319. The molecule has 1 rings (SSSR count). The summed E-state index contributed by atoms with van der Waals surface area (Å²) in [6.45, 7) is 0.963. The number of rotatable bonds is 0. The standard InChI is InChI=1S/C3H5NS/c1-2-4-5-3-1/h4H,2-3H2. The second-order valence-corrected chi connectivity index (χ2v) is 1.73. The van der Waals surface area contributed by atoms with Gasteiger partial charge in [-0.2, -0.15) is 0 Å². The van der Waals surface area contributed by atoms with E-state index in [4.69, 9.17) is 0 Å². The highest BCUT2D eigenvalue weighted by atomic mass is 32.2. The average molecular weight is 87.1 g/mol. The Morgan fingerprint density at radius 3 is 3.00 bits per heavy atom. The number of hydrogen-bond acceptors (Lipinski definition) is 2. The number of nitrogens with one attached hydrogen (secondary N) is 1. The van der Waals surface area contributed by atoms with Crippen LogP contribution in [0.15, 0.2) is 0 Å². The summed E-state index contributed by atoms with van der Waals surface area (Å²) in [6.07, 6.45) is 3.07. The van der Waals surface area contributed by atoms with E-state index in [1.54, 1.807) is 11.9 Å². The Balaban J connectivity index is 2.08. The Morgan fingerprint density at radius 1 is 1.80 bits per heavy atom. The molecule has 0 spiro atoms. The van der Waals surface area contributed by atoms with Crippen molar-refractivity contribution in [2.75, 3.05) is 12.3 Å². The first-order chi connectivity index (χ1) is 2.50. The van der Waals surface area contributed by atoms with Gasteiger partial charge in [-0.05, 0) is 0 Å². The molecule has 0 bridgehead atoms. The lowest BCUT2D eigenvalue weighted by atomic mass is 10.5. The minimum absolute atomic E-state index is 0.963. The maximum absolute atomic E-state index is 3.07. The van der Waals surface area contributed by atoms with Crippen molar-refractivity contribution in [3.63, 3.8) is 0 Å². The van der Waals surface area contributed by atoms with Crippen molar-refractivity contribution >= 4 is 11.9 Å². The molecule has 1 fully saturated rings. The molecular formula is C3H5NS. The van der Waals surface area contributed by atoms with E-state index in [0.717, 1.165) is 12.3 Å². The van der Waals surface area contributed by atoms with Crippen LogP contribution in [0.2, 0.25) is 0 Å². The lowest BCUT2D eigenvalue weighted by Crippen LogP contribution is -1.92. The van der Waals surface area contributed by atoms with Crippen LogP contribution in [-0.4, -0.2) is 12.3 Å². The van der Waals surface area contributed by atoms with E-state index in [2.05, 4.69) is 11.1 Å². The molecule has 1 saturated heterocycles. The van der Waals surface area contributed by atoms with Crippen molar-refractivity contribution in [2.45, 2.75) is 0 Å². The molecule has 0 atom stereocenters. The molecule has 1 aliphatic rings. The molecule has 0 amide bonds. The topological polar surface area (TPSA) is 12.0 Å². The van der Waals surface area contributed by atoms with Crippen LogP contribution in [0.5, 0.6) is 0 Å². The fourth-order valence-electron chi connectivity index (χ4n) is 0.255. The van der Waals surface area contributed by atoms with Crippen LogP contribution in [0.1, 0.15) is 0 Å². The Kier molecular flexibility index (Phi) is 1.17.